The monoisotopic (exact) mass is 219 g/mol. The highest BCUT2D eigenvalue weighted by Crippen LogP contribution is 2.28. The van der Waals surface area contributed by atoms with Gasteiger partial charge in [0.1, 0.15) is 0 Å². The maximum absolute atomic E-state index is 5.84. The predicted octanol–water partition coefficient (Wildman–Crippen LogP) is 2.57. The van der Waals surface area contributed by atoms with Gasteiger partial charge in [0.2, 0.25) is 0 Å². The first-order chi connectivity index (χ1) is 7.18. The fourth-order valence-electron chi connectivity index (χ4n) is 1.35. The molecule has 0 aliphatic carbocycles. The van der Waals surface area contributed by atoms with E-state index in [-0.39, 0.29) is 5.15 Å². The summed E-state index contributed by atoms with van der Waals surface area (Å²) in [7, 11) is 0. The minimum atomic E-state index is 0.281. The Morgan fingerprint density at radius 2 is 1.67 bits per heavy atom. The average molecular weight is 220 g/mol. The Bertz CT molecular complexity index is 483. The smallest absolute Gasteiger partial charge is 0.152 e. The van der Waals surface area contributed by atoms with Gasteiger partial charge in [0.05, 0.1) is 17.1 Å². The first-order valence-electron chi connectivity index (χ1n) is 4.45. The second kappa shape index (κ2) is 3.79. The van der Waals surface area contributed by atoms with Crippen LogP contribution in [0.1, 0.15) is 0 Å². The van der Waals surface area contributed by atoms with Gasteiger partial charge in [0.15, 0.2) is 5.15 Å². The third kappa shape index (κ3) is 1.87. The number of hydrogen-bond donors (Lipinski definition) is 2. The van der Waals surface area contributed by atoms with Crippen molar-refractivity contribution < 1.29 is 0 Å². The second-order valence-electron chi connectivity index (χ2n) is 3.17. The molecular formula is C11H10ClN3. The van der Waals surface area contributed by atoms with Crippen molar-refractivity contribution in [1.29, 1.82) is 0 Å². The van der Waals surface area contributed by atoms with Crippen molar-refractivity contribution in [2.45, 2.75) is 0 Å². The van der Waals surface area contributed by atoms with Crippen LogP contribution < -0.4 is 11.5 Å². The molecule has 4 N–H and O–H groups in total. The standard InChI is InChI=1S/C11H10ClN3/c12-11-9(14)6-8(13)10(15-11)7-4-2-1-3-5-7/h1-6H,13-14H2. The van der Waals surface area contributed by atoms with Crippen LogP contribution in [-0.4, -0.2) is 4.98 Å². The zero-order valence-electron chi connectivity index (χ0n) is 7.94. The normalized spacial score (nSPS) is 10.2. The highest BCUT2D eigenvalue weighted by atomic mass is 35.5. The third-order valence-corrected chi connectivity index (χ3v) is 2.38. The summed E-state index contributed by atoms with van der Waals surface area (Å²) in [4.78, 5) is 4.16. The van der Waals surface area contributed by atoms with Crippen LogP contribution in [0.15, 0.2) is 36.4 Å². The van der Waals surface area contributed by atoms with E-state index in [9.17, 15) is 0 Å². The molecule has 0 radical (unpaired) electrons. The number of nitrogen functional groups attached to an aromatic ring is 2. The molecule has 1 heterocycles. The van der Waals surface area contributed by atoms with Gasteiger partial charge in [-0.2, -0.15) is 0 Å². The molecule has 76 valence electrons. The van der Waals surface area contributed by atoms with E-state index in [0.717, 1.165) is 5.56 Å². The molecule has 4 heteroatoms. The summed E-state index contributed by atoms with van der Waals surface area (Å²) in [6, 6.07) is 11.2. The summed E-state index contributed by atoms with van der Waals surface area (Å²) in [5.74, 6) is 0. The Hall–Kier alpha value is -1.74. The SMILES string of the molecule is Nc1cc(N)c(-c2ccccc2)nc1Cl. The highest BCUT2D eigenvalue weighted by molar-refractivity contribution is 6.32. The molecule has 3 nitrogen and oxygen atoms in total. The lowest BCUT2D eigenvalue weighted by atomic mass is 10.1. The van der Waals surface area contributed by atoms with Crippen molar-refractivity contribution in [3.63, 3.8) is 0 Å². The Kier molecular flexibility index (Phi) is 2.47. The number of benzene rings is 1. The first kappa shape index (κ1) is 9.80. The van der Waals surface area contributed by atoms with Gasteiger partial charge in [-0.1, -0.05) is 41.9 Å². The summed E-state index contributed by atoms with van der Waals surface area (Å²) in [6.07, 6.45) is 0. The van der Waals surface area contributed by atoms with Crippen LogP contribution in [0.3, 0.4) is 0 Å². The van der Waals surface area contributed by atoms with Gasteiger partial charge in [-0.25, -0.2) is 4.98 Å². The van der Waals surface area contributed by atoms with Gasteiger partial charge in [0.25, 0.3) is 0 Å². The van der Waals surface area contributed by atoms with E-state index >= 15 is 0 Å². The fraction of sp³-hybridized carbons (Fsp3) is 0. The van der Waals surface area contributed by atoms with Gasteiger partial charge in [-0.05, 0) is 6.07 Å². The van der Waals surface area contributed by atoms with Gasteiger partial charge in [-0.15, -0.1) is 0 Å². The Balaban J connectivity index is 2.59. The van der Waals surface area contributed by atoms with E-state index < -0.39 is 0 Å². The van der Waals surface area contributed by atoms with E-state index in [2.05, 4.69) is 4.98 Å². The maximum atomic E-state index is 5.84. The lowest BCUT2D eigenvalue weighted by molar-refractivity contribution is 1.33. The number of halogens is 1. The number of nitrogens with zero attached hydrogens (tertiary/aromatic N) is 1. The Morgan fingerprint density at radius 1 is 1.00 bits per heavy atom. The van der Waals surface area contributed by atoms with E-state index in [1.807, 2.05) is 30.3 Å². The molecular weight excluding hydrogens is 210 g/mol. The first-order valence-corrected chi connectivity index (χ1v) is 4.83. The average Bonchev–Trinajstić information content (AvgIpc) is 2.25. The molecule has 0 amide bonds. The fourth-order valence-corrected chi connectivity index (χ4v) is 1.49. The van der Waals surface area contributed by atoms with Crippen LogP contribution >= 0.6 is 11.6 Å². The van der Waals surface area contributed by atoms with Crippen molar-refractivity contribution in [2.75, 3.05) is 11.5 Å². The molecule has 1 aromatic carbocycles. The lowest BCUT2D eigenvalue weighted by Gasteiger charge is -2.06. The molecule has 0 saturated carbocycles. The minimum absolute atomic E-state index is 0.281. The number of aromatic nitrogens is 1. The van der Waals surface area contributed by atoms with E-state index in [4.69, 9.17) is 23.1 Å². The highest BCUT2D eigenvalue weighted by Gasteiger charge is 2.07. The van der Waals surface area contributed by atoms with E-state index in [1.165, 1.54) is 0 Å². The minimum Gasteiger partial charge on any atom is -0.397 e. The van der Waals surface area contributed by atoms with Crippen LogP contribution in [-0.2, 0) is 0 Å². The summed E-state index contributed by atoms with van der Waals surface area (Å²) >= 11 is 5.84. The summed E-state index contributed by atoms with van der Waals surface area (Å²) in [6.45, 7) is 0. The summed E-state index contributed by atoms with van der Waals surface area (Å²) in [5.41, 5.74) is 13.9. The molecule has 0 saturated heterocycles. The third-order valence-electron chi connectivity index (χ3n) is 2.08. The Morgan fingerprint density at radius 3 is 2.33 bits per heavy atom. The molecule has 0 atom stereocenters. The van der Waals surface area contributed by atoms with Crippen LogP contribution in [0.5, 0.6) is 0 Å². The van der Waals surface area contributed by atoms with Crippen molar-refractivity contribution in [1.82, 2.24) is 4.98 Å². The van der Waals surface area contributed by atoms with E-state index in [0.29, 0.717) is 17.1 Å². The van der Waals surface area contributed by atoms with E-state index in [1.54, 1.807) is 6.07 Å². The predicted molar refractivity (Wildman–Crippen MR) is 63.5 cm³/mol. The molecule has 1 aromatic heterocycles. The van der Waals surface area contributed by atoms with Crippen molar-refractivity contribution in [3.05, 3.63) is 41.6 Å². The number of rotatable bonds is 1. The van der Waals surface area contributed by atoms with Gasteiger partial charge < -0.3 is 11.5 Å². The second-order valence-corrected chi connectivity index (χ2v) is 3.53. The molecule has 0 aliphatic rings. The molecule has 0 unspecified atom stereocenters. The van der Waals surface area contributed by atoms with Gasteiger partial charge >= 0.3 is 0 Å². The number of anilines is 2. The zero-order chi connectivity index (χ0) is 10.8. The topological polar surface area (TPSA) is 64.9 Å². The van der Waals surface area contributed by atoms with Crippen LogP contribution in [0.4, 0.5) is 11.4 Å². The maximum Gasteiger partial charge on any atom is 0.152 e. The molecule has 2 rings (SSSR count). The van der Waals surface area contributed by atoms with Crippen molar-refractivity contribution in [2.24, 2.45) is 0 Å². The molecule has 2 aromatic rings. The van der Waals surface area contributed by atoms with Crippen molar-refractivity contribution in [3.8, 4) is 11.3 Å². The molecule has 0 bridgehead atoms. The largest absolute Gasteiger partial charge is 0.397 e. The number of nitrogens with two attached hydrogens (primary N) is 2. The number of pyridine rings is 1. The summed E-state index contributed by atoms with van der Waals surface area (Å²) in [5, 5.41) is 0.281. The molecule has 0 aliphatic heterocycles. The van der Waals surface area contributed by atoms with Crippen LogP contribution in [0.2, 0.25) is 5.15 Å². The Labute approximate surface area is 92.7 Å². The van der Waals surface area contributed by atoms with Gasteiger partial charge in [0, 0.05) is 5.56 Å². The van der Waals surface area contributed by atoms with Crippen LogP contribution in [0, 0.1) is 0 Å². The summed E-state index contributed by atoms with van der Waals surface area (Å²) < 4.78 is 0. The lowest BCUT2D eigenvalue weighted by Crippen LogP contribution is -1.97. The zero-order valence-corrected chi connectivity index (χ0v) is 8.70. The number of hydrogen-bond acceptors (Lipinski definition) is 3. The molecule has 15 heavy (non-hydrogen) atoms. The quantitative estimate of drug-likeness (QED) is 0.725. The molecule has 0 spiro atoms. The molecule has 0 fully saturated rings. The van der Waals surface area contributed by atoms with Crippen LogP contribution in [0.25, 0.3) is 11.3 Å². The van der Waals surface area contributed by atoms with Crippen molar-refractivity contribution >= 4 is 23.0 Å². The van der Waals surface area contributed by atoms with Gasteiger partial charge in [-0.3, -0.25) is 0 Å².